The molecule has 1 aliphatic rings. The lowest BCUT2D eigenvalue weighted by molar-refractivity contribution is -0.222. The molecule has 1 saturated heterocycles. The Kier molecular flexibility index (Phi) is 4.09. The Labute approximate surface area is 131 Å². The number of nitrogens with one attached hydrogen (secondary N) is 1. The minimum absolute atomic E-state index is 0.158. The molecule has 1 heterocycles. The lowest BCUT2D eigenvalue weighted by Crippen LogP contribution is -2.42. The van der Waals surface area contributed by atoms with E-state index in [0.29, 0.717) is 0 Å². The van der Waals surface area contributed by atoms with Gasteiger partial charge < -0.3 is 14.8 Å². The molecular formula is C15H16BrNO4. The number of hydrogen-bond acceptors (Lipinski definition) is 5. The molecule has 1 aromatic rings. The van der Waals surface area contributed by atoms with Gasteiger partial charge >= 0.3 is 11.9 Å². The van der Waals surface area contributed by atoms with Crippen LogP contribution in [0, 0.1) is 13.8 Å². The van der Waals surface area contributed by atoms with Crippen LogP contribution in [-0.4, -0.2) is 17.7 Å². The van der Waals surface area contributed by atoms with Crippen molar-refractivity contribution in [3.8, 4) is 0 Å². The number of hydrogen-bond donors (Lipinski definition) is 1. The summed E-state index contributed by atoms with van der Waals surface area (Å²) in [5, 5.41) is 2.95. The van der Waals surface area contributed by atoms with Crippen LogP contribution in [0.25, 0.3) is 0 Å². The van der Waals surface area contributed by atoms with Gasteiger partial charge in [-0.3, -0.25) is 0 Å². The first-order valence-electron chi connectivity index (χ1n) is 6.40. The lowest BCUT2D eigenvalue weighted by atomic mass is 10.1. The summed E-state index contributed by atoms with van der Waals surface area (Å²) in [5.74, 6) is -2.62. The van der Waals surface area contributed by atoms with Crippen LogP contribution in [0.3, 0.4) is 0 Å². The normalized spacial score (nSPS) is 17.1. The smallest absolute Gasteiger partial charge is 0.350 e. The Morgan fingerprint density at radius 3 is 2.24 bits per heavy atom. The zero-order chi connectivity index (χ0) is 15.8. The van der Waals surface area contributed by atoms with Gasteiger partial charge in [0.1, 0.15) is 0 Å². The van der Waals surface area contributed by atoms with Gasteiger partial charge in [0.15, 0.2) is 5.57 Å². The summed E-state index contributed by atoms with van der Waals surface area (Å²) in [6.07, 6.45) is 1.32. The number of cyclic esters (lactones) is 2. The molecule has 21 heavy (non-hydrogen) atoms. The fourth-order valence-corrected chi connectivity index (χ4v) is 2.32. The number of halogens is 1. The van der Waals surface area contributed by atoms with Crippen molar-refractivity contribution in [1.82, 2.24) is 0 Å². The molecule has 1 N–H and O–H groups in total. The number of ether oxygens (including phenoxy) is 2. The van der Waals surface area contributed by atoms with Crippen molar-refractivity contribution in [3.63, 3.8) is 0 Å². The highest BCUT2D eigenvalue weighted by Crippen LogP contribution is 2.26. The number of rotatable bonds is 2. The third-order valence-electron chi connectivity index (χ3n) is 2.99. The number of esters is 2. The van der Waals surface area contributed by atoms with Crippen molar-refractivity contribution in [2.24, 2.45) is 0 Å². The highest BCUT2D eigenvalue weighted by molar-refractivity contribution is 9.10. The zero-order valence-corrected chi connectivity index (χ0v) is 13.8. The summed E-state index contributed by atoms with van der Waals surface area (Å²) >= 11 is 3.45. The first-order valence-corrected chi connectivity index (χ1v) is 7.19. The van der Waals surface area contributed by atoms with Crippen molar-refractivity contribution in [2.45, 2.75) is 33.5 Å². The van der Waals surface area contributed by atoms with E-state index in [0.717, 1.165) is 21.3 Å². The van der Waals surface area contributed by atoms with Gasteiger partial charge in [0, 0.05) is 30.2 Å². The molecule has 0 amide bonds. The molecule has 0 unspecified atom stereocenters. The fraction of sp³-hybridized carbons (Fsp3) is 0.333. The largest absolute Gasteiger partial charge is 0.419 e. The summed E-state index contributed by atoms with van der Waals surface area (Å²) in [7, 11) is 0. The van der Waals surface area contributed by atoms with Gasteiger partial charge in [-0.05, 0) is 37.1 Å². The average molecular weight is 354 g/mol. The van der Waals surface area contributed by atoms with E-state index in [1.54, 1.807) is 0 Å². The van der Waals surface area contributed by atoms with Crippen molar-refractivity contribution in [2.75, 3.05) is 5.32 Å². The molecule has 1 fully saturated rings. The molecule has 5 nitrogen and oxygen atoms in total. The Balaban J connectivity index is 2.24. The summed E-state index contributed by atoms with van der Waals surface area (Å²) in [4.78, 5) is 23.6. The maximum atomic E-state index is 11.8. The van der Waals surface area contributed by atoms with Gasteiger partial charge in [-0.1, -0.05) is 15.9 Å². The molecule has 0 bridgehead atoms. The zero-order valence-electron chi connectivity index (χ0n) is 12.2. The predicted octanol–water partition coefficient (Wildman–Crippen LogP) is 3.20. The van der Waals surface area contributed by atoms with E-state index in [-0.39, 0.29) is 5.57 Å². The van der Waals surface area contributed by atoms with Crippen LogP contribution in [0.2, 0.25) is 0 Å². The lowest BCUT2D eigenvalue weighted by Gasteiger charge is -2.29. The number of anilines is 1. The quantitative estimate of drug-likeness (QED) is 0.502. The Hall–Kier alpha value is -1.82. The second kappa shape index (κ2) is 5.52. The molecule has 2 rings (SSSR count). The van der Waals surface area contributed by atoms with Crippen LogP contribution in [-0.2, 0) is 19.1 Å². The number of carbonyl (C=O) groups is 2. The first-order chi connectivity index (χ1) is 9.69. The molecule has 0 atom stereocenters. The van der Waals surface area contributed by atoms with E-state index < -0.39 is 17.7 Å². The first kappa shape index (κ1) is 15.6. The van der Waals surface area contributed by atoms with Crippen molar-refractivity contribution >= 4 is 33.6 Å². The van der Waals surface area contributed by atoms with Crippen molar-refractivity contribution < 1.29 is 19.1 Å². The van der Waals surface area contributed by atoms with Gasteiger partial charge in [-0.2, -0.15) is 0 Å². The third kappa shape index (κ3) is 3.44. The summed E-state index contributed by atoms with van der Waals surface area (Å²) < 4.78 is 11.0. The molecular weight excluding hydrogens is 338 g/mol. The van der Waals surface area contributed by atoms with E-state index in [2.05, 4.69) is 21.2 Å². The van der Waals surface area contributed by atoms with Crippen LogP contribution < -0.4 is 5.32 Å². The van der Waals surface area contributed by atoms with Crippen LogP contribution in [0.5, 0.6) is 0 Å². The number of carbonyl (C=O) groups excluding carboxylic acids is 2. The van der Waals surface area contributed by atoms with E-state index in [4.69, 9.17) is 9.47 Å². The highest BCUT2D eigenvalue weighted by Gasteiger charge is 2.38. The molecule has 0 spiro atoms. The maximum absolute atomic E-state index is 11.8. The summed E-state index contributed by atoms with van der Waals surface area (Å²) in [5.41, 5.74) is 2.65. The maximum Gasteiger partial charge on any atom is 0.350 e. The Morgan fingerprint density at radius 2 is 1.67 bits per heavy atom. The van der Waals surface area contributed by atoms with Crippen molar-refractivity contribution in [1.29, 1.82) is 0 Å². The minimum Gasteiger partial charge on any atom is -0.419 e. The minimum atomic E-state index is -1.23. The van der Waals surface area contributed by atoms with E-state index in [9.17, 15) is 9.59 Å². The summed E-state index contributed by atoms with van der Waals surface area (Å²) in [6, 6.07) is 3.87. The van der Waals surface area contributed by atoms with Gasteiger partial charge in [0.05, 0.1) is 0 Å². The molecule has 0 radical (unpaired) electrons. The second-order valence-corrected chi connectivity index (χ2v) is 6.15. The standard InChI is InChI=1S/C15H16BrNO4/c1-8-6-12(9(2)5-11(8)16)17-7-10-13(18)20-15(3,4)21-14(10)19/h5-7,17H,1-4H3. The van der Waals surface area contributed by atoms with Crippen LogP contribution in [0.1, 0.15) is 25.0 Å². The SMILES string of the molecule is Cc1cc(NC=C2C(=O)OC(C)(C)OC2=O)c(C)cc1Br. The Morgan fingerprint density at radius 1 is 1.10 bits per heavy atom. The highest BCUT2D eigenvalue weighted by atomic mass is 79.9. The van der Waals surface area contributed by atoms with Crippen molar-refractivity contribution in [3.05, 3.63) is 39.5 Å². The third-order valence-corrected chi connectivity index (χ3v) is 3.85. The fourth-order valence-electron chi connectivity index (χ4n) is 1.86. The van der Waals surface area contributed by atoms with Gasteiger partial charge in [-0.25, -0.2) is 9.59 Å². The van der Waals surface area contributed by atoms with Crippen LogP contribution in [0.15, 0.2) is 28.4 Å². The molecule has 0 saturated carbocycles. The second-order valence-electron chi connectivity index (χ2n) is 5.30. The molecule has 112 valence electrons. The van der Waals surface area contributed by atoms with E-state index >= 15 is 0 Å². The van der Waals surface area contributed by atoms with Gasteiger partial charge in [-0.15, -0.1) is 0 Å². The predicted molar refractivity (Wildman–Crippen MR) is 81.6 cm³/mol. The monoisotopic (exact) mass is 353 g/mol. The molecule has 1 aromatic carbocycles. The van der Waals surface area contributed by atoms with Gasteiger partial charge in [0.2, 0.25) is 0 Å². The molecule has 6 heteroatoms. The molecule has 0 aromatic heterocycles. The van der Waals surface area contributed by atoms with Gasteiger partial charge in [0.25, 0.3) is 5.79 Å². The number of benzene rings is 1. The average Bonchev–Trinajstić information content (AvgIpc) is 2.32. The molecule has 0 aliphatic carbocycles. The van der Waals surface area contributed by atoms with E-state index in [1.165, 1.54) is 20.0 Å². The van der Waals surface area contributed by atoms with E-state index in [1.807, 2.05) is 26.0 Å². The van der Waals surface area contributed by atoms with Crippen LogP contribution in [0.4, 0.5) is 5.69 Å². The van der Waals surface area contributed by atoms with Crippen LogP contribution >= 0.6 is 15.9 Å². The molecule has 1 aliphatic heterocycles. The topological polar surface area (TPSA) is 64.6 Å². The Bertz CT molecular complexity index is 627. The number of aryl methyl sites for hydroxylation is 2. The summed E-state index contributed by atoms with van der Waals surface area (Å²) in [6.45, 7) is 6.89.